The molecule has 2 aromatic carbocycles. The lowest BCUT2D eigenvalue weighted by atomic mass is 9.94. The van der Waals surface area contributed by atoms with Gasteiger partial charge < -0.3 is 19.7 Å². The van der Waals surface area contributed by atoms with Crippen molar-refractivity contribution >= 4 is 23.2 Å². The summed E-state index contributed by atoms with van der Waals surface area (Å²) in [4.78, 5) is 29.4. The molecule has 0 unspecified atom stereocenters. The molecule has 8 heteroatoms. The molecule has 0 radical (unpaired) electrons. The topological polar surface area (TPSA) is 67.9 Å². The quantitative estimate of drug-likeness (QED) is 0.474. The smallest absolute Gasteiger partial charge is 0.265 e. The summed E-state index contributed by atoms with van der Waals surface area (Å²) in [7, 11) is 0. The maximum atomic E-state index is 15.1. The summed E-state index contributed by atoms with van der Waals surface area (Å²) in [5.41, 5.74) is 0.928. The van der Waals surface area contributed by atoms with Crippen LogP contribution in [0, 0.1) is 5.82 Å². The van der Waals surface area contributed by atoms with Gasteiger partial charge in [0, 0.05) is 18.2 Å². The van der Waals surface area contributed by atoms with Crippen LogP contribution in [-0.2, 0) is 11.3 Å². The third-order valence-corrected chi connectivity index (χ3v) is 7.35. The SMILES string of the molecule is O=C(NC1CCCCC1)[C@H](c1ccccc1F)N(Cc1ccc2c(c1)OCO2)C(=O)c1cccs1. The van der Waals surface area contributed by atoms with Crippen LogP contribution in [0.3, 0.4) is 0 Å². The van der Waals surface area contributed by atoms with Gasteiger partial charge in [0.15, 0.2) is 11.5 Å². The maximum Gasteiger partial charge on any atom is 0.265 e. The zero-order chi connectivity index (χ0) is 24.2. The molecule has 5 rings (SSSR count). The van der Waals surface area contributed by atoms with Gasteiger partial charge in [0.1, 0.15) is 11.9 Å². The Labute approximate surface area is 207 Å². The monoisotopic (exact) mass is 494 g/mol. The van der Waals surface area contributed by atoms with Gasteiger partial charge in [-0.3, -0.25) is 9.59 Å². The molecule has 1 N–H and O–H groups in total. The predicted molar refractivity (Wildman–Crippen MR) is 131 cm³/mol. The lowest BCUT2D eigenvalue weighted by Crippen LogP contribution is -2.47. The second-order valence-corrected chi connectivity index (χ2v) is 9.81. The molecule has 2 amide bonds. The van der Waals surface area contributed by atoms with E-state index in [0.29, 0.717) is 16.4 Å². The van der Waals surface area contributed by atoms with Crippen LogP contribution in [0.1, 0.15) is 58.9 Å². The van der Waals surface area contributed by atoms with E-state index in [1.807, 2.05) is 11.4 Å². The molecule has 0 saturated heterocycles. The van der Waals surface area contributed by atoms with Crippen LogP contribution in [0.4, 0.5) is 4.39 Å². The van der Waals surface area contributed by atoms with E-state index in [0.717, 1.165) is 37.7 Å². The molecule has 1 atom stereocenters. The van der Waals surface area contributed by atoms with E-state index < -0.39 is 11.9 Å². The van der Waals surface area contributed by atoms with Crippen LogP contribution in [0.2, 0.25) is 0 Å². The predicted octanol–water partition coefficient (Wildman–Crippen LogP) is 5.45. The lowest BCUT2D eigenvalue weighted by molar-refractivity contribution is -0.127. The molecule has 0 spiro atoms. The highest BCUT2D eigenvalue weighted by molar-refractivity contribution is 7.12. The van der Waals surface area contributed by atoms with Crippen LogP contribution in [0.25, 0.3) is 0 Å². The van der Waals surface area contributed by atoms with Crippen LogP contribution >= 0.6 is 11.3 Å². The Balaban J connectivity index is 1.53. The molecule has 35 heavy (non-hydrogen) atoms. The second-order valence-electron chi connectivity index (χ2n) is 8.87. The number of carbonyl (C=O) groups excluding carboxylic acids is 2. The van der Waals surface area contributed by atoms with Crippen LogP contribution in [-0.4, -0.2) is 29.5 Å². The van der Waals surface area contributed by atoms with Gasteiger partial charge >= 0.3 is 0 Å². The van der Waals surface area contributed by atoms with Gasteiger partial charge in [0.05, 0.1) is 4.88 Å². The van der Waals surface area contributed by atoms with Crippen molar-refractivity contribution in [2.45, 2.75) is 50.7 Å². The van der Waals surface area contributed by atoms with E-state index in [1.54, 1.807) is 42.5 Å². The van der Waals surface area contributed by atoms with Crippen molar-refractivity contribution in [1.29, 1.82) is 0 Å². The number of halogens is 1. The number of nitrogens with one attached hydrogen (secondary N) is 1. The molecule has 182 valence electrons. The normalized spacial score (nSPS) is 16.0. The van der Waals surface area contributed by atoms with Gasteiger partial charge in [-0.15, -0.1) is 11.3 Å². The van der Waals surface area contributed by atoms with E-state index in [1.165, 1.54) is 22.3 Å². The Hall–Kier alpha value is -3.39. The van der Waals surface area contributed by atoms with Gasteiger partial charge in [-0.2, -0.15) is 0 Å². The average Bonchev–Trinajstić information content (AvgIpc) is 3.57. The first-order valence-electron chi connectivity index (χ1n) is 11.9. The van der Waals surface area contributed by atoms with Gasteiger partial charge in [-0.1, -0.05) is 49.6 Å². The Bertz CT molecular complexity index is 1190. The number of thiophene rings is 1. The number of hydrogen-bond donors (Lipinski definition) is 1. The first-order valence-corrected chi connectivity index (χ1v) is 12.8. The van der Waals surface area contributed by atoms with E-state index in [4.69, 9.17) is 9.47 Å². The van der Waals surface area contributed by atoms with Gasteiger partial charge in [-0.05, 0) is 48.1 Å². The molecule has 1 aliphatic carbocycles. The van der Waals surface area contributed by atoms with Crippen molar-refractivity contribution in [3.63, 3.8) is 0 Å². The first-order chi connectivity index (χ1) is 17.1. The van der Waals surface area contributed by atoms with E-state index in [-0.39, 0.29) is 36.8 Å². The molecule has 2 aliphatic rings. The average molecular weight is 495 g/mol. The summed E-state index contributed by atoms with van der Waals surface area (Å²) in [6.07, 6.45) is 5.01. The zero-order valence-corrected chi connectivity index (χ0v) is 20.1. The lowest BCUT2D eigenvalue weighted by Gasteiger charge is -2.33. The molecule has 1 aromatic heterocycles. The zero-order valence-electron chi connectivity index (χ0n) is 19.2. The number of fused-ring (bicyclic) bond motifs is 1. The summed E-state index contributed by atoms with van der Waals surface area (Å²) < 4.78 is 26.0. The number of hydrogen-bond acceptors (Lipinski definition) is 5. The summed E-state index contributed by atoms with van der Waals surface area (Å²) >= 11 is 1.29. The van der Waals surface area contributed by atoms with Crippen molar-refractivity contribution in [2.24, 2.45) is 0 Å². The number of amides is 2. The summed E-state index contributed by atoms with van der Waals surface area (Å²) in [5.74, 6) is -0.00553. The number of nitrogens with zero attached hydrogens (tertiary/aromatic N) is 1. The van der Waals surface area contributed by atoms with Crippen molar-refractivity contribution < 1.29 is 23.5 Å². The Morgan fingerprint density at radius 2 is 1.83 bits per heavy atom. The van der Waals surface area contributed by atoms with Gasteiger partial charge in [0.2, 0.25) is 12.7 Å². The standard InChI is InChI=1S/C27H27FN2O4S/c28-21-10-5-4-9-20(21)25(26(31)29-19-7-2-1-3-8-19)30(27(32)24-11-6-14-35-24)16-18-12-13-22-23(15-18)34-17-33-22/h4-6,9-15,19,25H,1-3,7-8,16-17H2,(H,29,31)/t25-/m0/s1. The van der Waals surface area contributed by atoms with Crippen LogP contribution in [0.5, 0.6) is 11.5 Å². The Morgan fingerprint density at radius 1 is 1.03 bits per heavy atom. The molecule has 1 aliphatic heterocycles. The fraction of sp³-hybridized carbons (Fsp3) is 0.333. The Kier molecular flexibility index (Phi) is 6.99. The minimum absolute atomic E-state index is 0.0229. The van der Waals surface area contributed by atoms with E-state index in [2.05, 4.69) is 5.32 Å². The van der Waals surface area contributed by atoms with Crippen LogP contribution in [0.15, 0.2) is 60.0 Å². The highest BCUT2D eigenvalue weighted by Crippen LogP contribution is 2.35. The van der Waals surface area contributed by atoms with Crippen LogP contribution < -0.4 is 14.8 Å². The molecule has 6 nitrogen and oxygen atoms in total. The fourth-order valence-corrected chi connectivity index (χ4v) is 5.41. The van der Waals surface area contributed by atoms with E-state index >= 15 is 4.39 Å². The number of benzene rings is 2. The number of ether oxygens (including phenoxy) is 2. The highest BCUT2D eigenvalue weighted by atomic mass is 32.1. The summed E-state index contributed by atoms with van der Waals surface area (Å²) in [5, 5.41) is 4.92. The molecule has 1 fully saturated rings. The second kappa shape index (κ2) is 10.5. The number of carbonyl (C=O) groups is 2. The van der Waals surface area contributed by atoms with Gasteiger partial charge in [0.25, 0.3) is 5.91 Å². The van der Waals surface area contributed by atoms with E-state index in [9.17, 15) is 9.59 Å². The number of rotatable bonds is 7. The maximum absolute atomic E-state index is 15.1. The minimum atomic E-state index is -1.13. The molecule has 0 bridgehead atoms. The highest BCUT2D eigenvalue weighted by Gasteiger charge is 2.35. The third-order valence-electron chi connectivity index (χ3n) is 6.49. The molecule has 2 heterocycles. The molecular formula is C27H27FN2O4S. The Morgan fingerprint density at radius 3 is 2.60 bits per heavy atom. The summed E-state index contributed by atoms with van der Waals surface area (Å²) in [6.45, 7) is 0.239. The largest absolute Gasteiger partial charge is 0.454 e. The minimum Gasteiger partial charge on any atom is -0.454 e. The molecule has 3 aromatic rings. The fourth-order valence-electron chi connectivity index (χ4n) is 4.73. The van der Waals surface area contributed by atoms with Gasteiger partial charge in [-0.25, -0.2) is 4.39 Å². The van der Waals surface area contributed by atoms with Crippen molar-refractivity contribution in [1.82, 2.24) is 10.2 Å². The van der Waals surface area contributed by atoms with Crippen molar-refractivity contribution in [2.75, 3.05) is 6.79 Å². The third kappa shape index (κ3) is 5.17. The first kappa shape index (κ1) is 23.4. The summed E-state index contributed by atoms with van der Waals surface area (Å²) in [6, 6.07) is 14.0. The molecular weight excluding hydrogens is 467 g/mol. The van der Waals surface area contributed by atoms with Crippen molar-refractivity contribution in [3.8, 4) is 11.5 Å². The van der Waals surface area contributed by atoms with Crippen molar-refractivity contribution in [3.05, 3.63) is 81.8 Å². The molecule has 1 saturated carbocycles.